The highest BCUT2D eigenvalue weighted by Crippen LogP contribution is 2.25. The number of carbonyl (C=O) groups excluding carboxylic acids is 2. The SMILES string of the molecule is Cc1cc(=O)n(CC(=O)O)cc1NC(=O)[C@H]1CCCN(c2cncc(-[n+]3cccc(-c4ccnc(C(=O)Nc5ccc(=O)n(CC(=O)O)c5)n4)c3)c2)C1. The van der Waals surface area contributed by atoms with Gasteiger partial charge < -0.3 is 34.9 Å². The Morgan fingerprint density at radius 2 is 1.72 bits per heavy atom. The average Bonchev–Trinajstić information content (AvgIpc) is 3.14. The zero-order chi connectivity index (χ0) is 37.6. The standard InChI is InChI=1S/C36H33N9O8/c1-22-12-31(47)45(21-33(50)51)19-29(22)41-35(52)24-5-3-11-43(17-24)27-13-26(14-37-15-27)42-10-2-4-23(16-42)28-8-9-38-34(40-28)36(53)39-25-6-7-30(46)44(18-25)20-32(48)49/h2,4,6-10,12-16,18-19,24H,3,5,11,17,20-21H2,1H3,(H3-,39,41,48,49,50,51,52,53)/p+1/t24-/m0/s1. The molecule has 1 fully saturated rings. The first-order chi connectivity index (χ1) is 25.4. The van der Waals surface area contributed by atoms with Gasteiger partial charge in [-0.15, -0.1) is 0 Å². The zero-order valence-electron chi connectivity index (χ0n) is 28.4. The van der Waals surface area contributed by atoms with Crippen molar-refractivity contribution in [2.75, 3.05) is 28.6 Å². The van der Waals surface area contributed by atoms with E-state index in [-0.39, 0.29) is 23.3 Å². The third-order valence-corrected chi connectivity index (χ3v) is 8.56. The van der Waals surface area contributed by atoms with Crippen LogP contribution < -0.4 is 31.2 Å². The molecule has 4 N–H and O–H groups in total. The van der Waals surface area contributed by atoms with Crippen LogP contribution in [0.1, 0.15) is 29.0 Å². The fourth-order valence-corrected chi connectivity index (χ4v) is 5.94. The summed E-state index contributed by atoms with van der Waals surface area (Å²) < 4.78 is 3.85. The minimum Gasteiger partial charge on any atom is -0.480 e. The second-order valence-electron chi connectivity index (χ2n) is 12.4. The molecule has 6 heterocycles. The first-order valence-electron chi connectivity index (χ1n) is 16.5. The maximum Gasteiger partial charge on any atom is 0.323 e. The molecule has 2 amide bonds. The fourth-order valence-electron chi connectivity index (χ4n) is 5.94. The van der Waals surface area contributed by atoms with Crippen molar-refractivity contribution in [2.24, 2.45) is 5.92 Å². The number of hydrogen-bond acceptors (Lipinski definition) is 10. The van der Waals surface area contributed by atoms with E-state index in [1.807, 2.05) is 35.2 Å². The lowest BCUT2D eigenvalue weighted by Gasteiger charge is -2.33. The number of carbonyl (C=O) groups is 4. The fraction of sp³-hybridized carbons (Fsp3) is 0.222. The number of anilines is 3. The lowest BCUT2D eigenvalue weighted by molar-refractivity contribution is -0.595. The summed E-state index contributed by atoms with van der Waals surface area (Å²) in [5, 5.41) is 23.7. The van der Waals surface area contributed by atoms with E-state index in [0.29, 0.717) is 42.0 Å². The molecule has 0 unspecified atom stereocenters. The van der Waals surface area contributed by atoms with Crippen LogP contribution >= 0.6 is 0 Å². The minimum absolute atomic E-state index is 0.140. The highest BCUT2D eigenvalue weighted by molar-refractivity contribution is 6.01. The van der Waals surface area contributed by atoms with Crippen LogP contribution in [0.5, 0.6) is 0 Å². The third kappa shape index (κ3) is 8.65. The van der Waals surface area contributed by atoms with Crippen LogP contribution in [0.2, 0.25) is 0 Å². The van der Waals surface area contributed by atoms with E-state index in [4.69, 9.17) is 10.2 Å². The molecule has 53 heavy (non-hydrogen) atoms. The molecule has 5 aromatic heterocycles. The van der Waals surface area contributed by atoms with Gasteiger partial charge in [0, 0.05) is 55.9 Å². The van der Waals surface area contributed by atoms with Crippen molar-refractivity contribution in [3.8, 4) is 16.9 Å². The molecular formula is C36H34N9O8+. The van der Waals surface area contributed by atoms with Gasteiger partial charge in [0.2, 0.25) is 17.4 Å². The smallest absolute Gasteiger partial charge is 0.323 e. The summed E-state index contributed by atoms with van der Waals surface area (Å²) in [4.78, 5) is 87.8. The largest absolute Gasteiger partial charge is 0.480 e. The van der Waals surface area contributed by atoms with Gasteiger partial charge in [-0.3, -0.25) is 33.8 Å². The second kappa shape index (κ2) is 15.5. The van der Waals surface area contributed by atoms with Crippen LogP contribution in [0.25, 0.3) is 16.9 Å². The molecule has 270 valence electrons. The number of rotatable bonds is 11. The molecule has 1 saturated heterocycles. The van der Waals surface area contributed by atoms with Crippen LogP contribution in [0.3, 0.4) is 0 Å². The topological polar surface area (TPSA) is 223 Å². The normalized spacial score (nSPS) is 14.0. The lowest BCUT2D eigenvalue weighted by atomic mass is 9.96. The number of piperidine rings is 1. The quantitative estimate of drug-likeness (QED) is 0.143. The predicted molar refractivity (Wildman–Crippen MR) is 190 cm³/mol. The zero-order valence-corrected chi connectivity index (χ0v) is 28.4. The van der Waals surface area contributed by atoms with Crippen molar-refractivity contribution >= 4 is 40.8 Å². The summed E-state index contributed by atoms with van der Waals surface area (Å²) in [6, 6.07) is 11.1. The maximum atomic E-state index is 13.4. The van der Waals surface area contributed by atoms with E-state index in [1.54, 1.807) is 25.4 Å². The van der Waals surface area contributed by atoms with Gasteiger partial charge in [0.05, 0.1) is 46.6 Å². The number of aromatic nitrogens is 6. The molecule has 0 saturated carbocycles. The monoisotopic (exact) mass is 720 g/mol. The van der Waals surface area contributed by atoms with Crippen LogP contribution in [0, 0.1) is 12.8 Å². The summed E-state index contributed by atoms with van der Waals surface area (Å²) >= 11 is 0. The molecule has 5 aromatic rings. The molecule has 0 bridgehead atoms. The van der Waals surface area contributed by atoms with E-state index in [9.17, 15) is 28.8 Å². The Morgan fingerprint density at radius 1 is 0.943 bits per heavy atom. The van der Waals surface area contributed by atoms with Crippen molar-refractivity contribution in [1.82, 2.24) is 24.1 Å². The number of amides is 2. The molecule has 17 heteroatoms. The molecule has 17 nitrogen and oxygen atoms in total. The van der Waals surface area contributed by atoms with Crippen molar-refractivity contribution in [1.29, 1.82) is 0 Å². The summed E-state index contributed by atoms with van der Waals surface area (Å²) in [6.45, 7) is 1.73. The maximum absolute atomic E-state index is 13.4. The second-order valence-corrected chi connectivity index (χ2v) is 12.4. The van der Waals surface area contributed by atoms with Gasteiger partial charge >= 0.3 is 11.9 Å². The van der Waals surface area contributed by atoms with E-state index in [2.05, 4.69) is 30.5 Å². The van der Waals surface area contributed by atoms with Crippen molar-refractivity contribution in [2.45, 2.75) is 32.9 Å². The molecular weight excluding hydrogens is 686 g/mol. The molecule has 1 aliphatic rings. The first kappa shape index (κ1) is 35.8. The number of nitrogens with zero attached hydrogens (tertiary/aromatic N) is 7. The number of carboxylic acids is 2. The molecule has 0 spiro atoms. The van der Waals surface area contributed by atoms with Gasteiger partial charge in [-0.25, -0.2) is 9.97 Å². The molecule has 0 aliphatic carbocycles. The van der Waals surface area contributed by atoms with E-state index in [1.165, 1.54) is 30.7 Å². The predicted octanol–water partition coefficient (Wildman–Crippen LogP) is 1.72. The third-order valence-electron chi connectivity index (χ3n) is 8.56. The van der Waals surface area contributed by atoms with Crippen LogP contribution in [0.4, 0.5) is 17.1 Å². The Hall–Kier alpha value is -7.04. The number of aryl methyl sites for hydroxylation is 1. The van der Waals surface area contributed by atoms with Crippen LogP contribution in [-0.4, -0.2) is 71.1 Å². The van der Waals surface area contributed by atoms with Gasteiger partial charge in [0.15, 0.2) is 12.4 Å². The highest BCUT2D eigenvalue weighted by Gasteiger charge is 2.27. The number of aliphatic carboxylic acids is 2. The summed E-state index contributed by atoms with van der Waals surface area (Å²) in [6.07, 6.45) is 12.5. The van der Waals surface area contributed by atoms with Crippen molar-refractivity contribution in [3.63, 3.8) is 0 Å². The summed E-state index contributed by atoms with van der Waals surface area (Å²) in [5.41, 5.74) is 2.79. The van der Waals surface area contributed by atoms with E-state index in [0.717, 1.165) is 33.0 Å². The van der Waals surface area contributed by atoms with Crippen LogP contribution in [-0.2, 0) is 27.5 Å². The van der Waals surface area contributed by atoms with Gasteiger partial charge in [0.1, 0.15) is 13.1 Å². The summed E-state index contributed by atoms with van der Waals surface area (Å²) in [7, 11) is 0. The summed E-state index contributed by atoms with van der Waals surface area (Å²) in [5.74, 6) is -3.77. The Bertz CT molecular complexity index is 2360. The molecule has 1 aliphatic heterocycles. The number of carboxylic acid groups (broad SMARTS) is 2. The van der Waals surface area contributed by atoms with Gasteiger partial charge in [-0.05, 0) is 43.5 Å². The Kier molecular flexibility index (Phi) is 10.4. The minimum atomic E-state index is -1.20. The molecule has 0 aromatic carbocycles. The lowest BCUT2D eigenvalue weighted by Crippen LogP contribution is -2.41. The molecule has 1 atom stereocenters. The van der Waals surface area contributed by atoms with Gasteiger partial charge in [-0.2, -0.15) is 4.57 Å². The Morgan fingerprint density at radius 3 is 2.49 bits per heavy atom. The van der Waals surface area contributed by atoms with Crippen molar-refractivity contribution in [3.05, 3.63) is 118 Å². The first-order valence-corrected chi connectivity index (χ1v) is 16.5. The van der Waals surface area contributed by atoms with Gasteiger partial charge in [0.25, 0.3) is 17.0 Å². The van der Waals surface area contributed by atoms with Crippen LogP contribution in [0.15, 0.2) is 95.4 Å². The molecule has 6 rings (SSSR count). The number of hydrogen-bond donors (Lipinski definition) is 4. The molecule has 0 radical (unpaired) electrons. The van der Waals surface area contributed by atoms with Gasteiger partial charge in [-0.1, -0.05) is 0 Å². The average molecular weight is 721 g/mol. The van der Waals surface area contributed by atoms with E-state index >= 15 is 0 Å². The Labute approximate surface area is 300 Å². The van der Waals surface area contributed by atoms with E-state index < -0.39 is 42.1 Å². The Balaban J connectivity index is 1.16. The number of pyridine rings is 4. The van der Waals surface area contributed by atoms with Crippen molar-refractivity contribution < 1.29 is 34.0 Å². The number of nitrogens with one attached hydrogen (secondary N) is 2. The highest BCUT2D eigenvalue weighted by atomic mass is 16.4.